The van der Waals surface area contributed by atoms with Gasteiger partial charge in [-0.15, -0.1) is 0 Å². The van der Waals surface area contributed by atoms with Crippen LogP contribution in [0.4, 0.5) is 5.69 Å². The molecular weight excluding hydrogens is 393 g/mol. The molecule has 116 valence electrons. The van der Waals surface area contributed by atoms with Gasteiger partial charge in [0.1, 0.15) is 6.10 Å². The molecule has 3 fully saturated rings. The second-order valence-electron chi connectivity index (χ2n) is 6.13. The highest BCUT2D eigenvalue weighted by Gasteiger charge is 2.63. The molecule has 22 heavy (non-hydrogen) atoms. The van der Waals surface area contributed by atoms with Crippen molar-refractivity contribution in [3.63, 3.8) is 0 Å². The van der Waals surface area contributed by atoms with E-state index in [2.05, 4.69) is 21.2 Å². The van der Waals surface area contributed by atoms with Crippen molar-refractivity contribution in [1.29, 1.82) is 0 Å². The standard InChI is InChI=1S/C15H12BrCl2NO3/c16-7-1-2-8(13(18)12(7)17)19-14(20)10-5-3-6-9(4-5)22-15(21)11(6)10/h1-2,5-6,9-11H,3-4H2,(H,19,20)/t5-,6-,9+,10-,11-/m0/s1. The molecule has 7 heteroatoms. The summed E-state index contributed by atoms with van der Waals surface area (Å²) in [7, 11) is 0. The van der Waals surface area contributed by atoms with Gasteiger partial charge in [-0.25, -0.2) is 0 Å². The fraction of sp³-hybridized carbons (Fsp3) is 0.467. The van der Waals surface area contributed by atoms with Crippen LogP contribution in [-0.2, 0) is 14.3 Å². The summed E-state index contributed by atoms with van der Waals surface area (Å²) in [6.45, 7) is 0. The molecule has 5 atom stereocenters. The summed E-state index contributed by atoms with van der Waals surface area (Å²) in [5, 5.41) is 3.47. The first kappa shape index (κ1) is 14.8. The number of amides is 1. The number of carbonyl (C=O) groups excluding carboxylic acids is 2. The number of nitrogens with one attached hydrogen (secondary N) is 1. The fourth-order valence-corrected chi connectivity index (χ4v) is 5.02. The van der Waals surface area contributed by atoms with Gasteiger partial charge in [-0.2, -0.15) is 0 Å². The molecule has 0 aromatic heterocycles. The molecule has 1 aromatic carbocycles. The van der Waals surface area contributed by atoms with E-state index in [0.29, 0.717) is 20.2 Å². The van der Waals surface area contributed by atoms with Gasteiger partial charge >= 0.3 is 5.97 Å². The van der Waals surface area contributed by atoms with Gasteiger partial charge < -0.3 is 10.1 Å². The Morgan fingerprint density at radius 1 is 1.27 bits per heavy atom. The number of ether oxygens (including phenoxy) is 1. The van der Waals surface area contributed by atoms with E-state index in [-0.39, 0.29) is 41.7 Å². The summed E-state index contributed by atoms with van der Waals surface area (Å²) < 4.78 is 6.02. The molecule has 2 bridgehead atoms. The molecule has 1 heterocycles. The highest BCUT2D eigenvalue weighted by atomic mass is 79.9. The third-order valence-electron chi connectivity index (χ3n) is 5.08. The van der Waals surface area contributed by atoms with Crippen LogP contribution in [0.1, 0.15) is 12.8 Å². The minimum Gasteiger partial charge on any atom is -0.462 e. The van der Waals surface area contributed by atoms with Gasteiger partial charge in [-0.3, -0.25) is 9.59 Å². The minimum absolute atomic E-state index is 0.0252. The predicted octanol–water partition coefficient (Wildman–Crippen LogP) is 3.89. The highest BCUT2D eigenvalue weighted by molar-refractivity contribution is 9.10. The van der Waals surface area contributed by atoms with Gasteiger partial charge in [0.05, 0.1) is 27.6 Å². The number of hydrogen-bond donors (Lipinski definition) is 1. The summed E-state index contributed by atoms with van der Waals surface area (Å²) in [4.78, 5) is 24.6. The average molecular weight is 405 g/mol. The minimum atomic E-state index is -0.324. The van der Waals surface area contributed by atoms with Gasteiger partial charge in [0, 0.05) is 10.4 Å². The molecule has 0 radical (unpaired) electrons. The zero-order valence-electron chi connectivity index (χ0n) is 11.3. The Hall–Kier alpha value is -0.780. The molecule has 4 rings (SSSR count). The fourth-order valence-electron chi connectivity index (χ4n) is 4.20. The van der Waals surface area contributed by atoms with Gasteiger partial charge in [0.15, 0.2) is 0 Å². The van der Waals surface area contributed by atoms with Crippen molar-refractivity contribution in [2.24, 2.45) is 23.7 Å². The Balaban J connectivity index is 1.59. The van der Waals surface area contributed by atoms with Crippen LogP contribution in [0.2, 0.25) is 10.0 Å². The zero-order valence-corrected chi connectivity index (χ0v) is 14.4. The Kier molecular flexibility index (Phi) is 3.44. The monoisotopic (exact) mass is 403 g/mol. The third-order valence-corrected chi connectivity index (χ3v) is 6.85. The van der Waals surface area contributed by atoms with Gasteiger partial charge in [0.25, 0.3) is 0 Å². The lowest BCUT2D eigenvalue weighted by atomic mass is 9.79. The maximum Gasteiger partial charge on any atom is 0.310 e. The summed E-state index contributed by atoms with van der Waals surface area (Å²) >= 11 is 15.5. The highest BCUT2D eigenvalue weighted by Crippen LogP contribution is 2.57. The van der Waals surface area contributed by atoms with Crippen LogP contribution in [0, 0.1) is 23.7 Å². The molecule has 1 aromatic rings. The lowest BCUT2D eigenvalue weighted by Crippen LogP contribution is -2.35. The summed E-state index contributed by atoms with van der Waals surface area (Å²) in [5.74, 6) is -0.596. The lowest BCUT2D eigenvalue weighted by Gasteiger charge is -2.23. The number of fused-ring (bicyclic) bond motifs is 1. The van der Waals surface area contributed by atoms with Gasteiger partial charge in [-0.1, -0.05) is 23.2 Å². The van der Waals surface area contributed by atoms with Gasteiger partial charge in [-0.05, 0) is 46.8 Å². The summed E-state index contributed by atoms with van der Waals surface area (Å²) in [6.07, 6.45) is 1.71. The van der Waals surface area contributed by atoms with Crippen molar-refractivity contribution in [2.75, 3.05) is 5.32 Å². The second-order valence-corrected chi connectivity index (χ2v) is 7.74. The molecule has 2 aliphatic carbocycles. The Morgan fingerprint density at radius 3 is 2.82 bits per heavy atom. The summed E-state index contributed by atoms with van der Waals surface area (Å²) in [5.41, 5.74) is 0.463. The Labute approximate surface area is 145 Å². The van der Waals surface area contributed by atoms with Crippen molar-refractivity contribution in [3.8, 4) is 0 Å². The predicted molar refractivity (Wildman–Crippen MR) is 85.9 cm³/mol. The van der Waals surface area contributed by atoms with Crippen molar-refractivity contribution in [1.82, 2.24) is 0 Å². The van der Waals surface area contributed by atoms with Crippen molar-refractivity contribution >= 4 is 56.7 Å². The van der Waals surface area contributed by atoms with E-state index in [4.69, 9.17) is 27.9 Å². The van der Waals surface area contributed by atoms with Crippen LogP contribution >= 0.6 is 39.1 Å². The molecular formula is C15H12BrCl2NO3. The number of halogens is 3. The van der Waals surface area contributed by atoms with E-state index < -0.39 is 0 Å². The van der Waals surface area contributed by atoms with Crippen LogP contribution in [0.5, 0.6) is 0 Å². The second kappa shape index (κ2) is 5.11. The quantitative estimate of drug-likeness (QED) is 0.600. The van der Waals surface area contributed by atoms with E-state index >= 15 is 0 Å². The zero-order chi connectivity index (χ0) is 15.6. The van der Waals surface area contributed by atoms with Crippen molar-refractivity contribution in [3.05, 3.63) is 26.7 Å². The molecule has 3 aliphatic rings. The average Bonchev–Trinajstić information content (AvgIpc) is 3.09. The van der Waals surface area contributed by atoms with E-state index in [1.807, 2.05) is 0 Å². The Bertz CT molecular complexity index is 694. The number of anilines is 1. The maximum absolute atomic E-state index is 12.7. The van der Waals surface area contributed by atoms with E-state index in [1.54, 1.807) is 12.1 Å². The van der Waals surface area contributed by atoms with Gasteiger partial charge in [0.2, 0.25) is 5.91 Å². The maximum atomic E-state index is 12.7. The Morgan fingerprint density at radius 2 is 2.05 bits per heavy atom. The smallest absolute Gasteiger partial charge is 0.310 e. The molecule has 1 saturated heterocycles. The number of rotatable bonds is 2. The molecule has 0 unspecified atom stereocenters. The third kappa shape index (κ3) is 2.02. The number of carbonyl (C=O) groups is 2. The van der Waals surface area contributed by atoms with Crippen LogP contribution in [-0.4, -0.2) is 18.0 Å². The number of benzene rings is 1. The van der Waals surface area contributed by atoms with Crippen LogP contribution < -0.4 is 5.32 Å². The van der Waals surface area contributed by atoms with E-state index in [9.17, 15) is 9.59 Å². The largest absolute Gasteiger partial charge is 0.462 e. The topological polar surface area (TPSA) is 55.4 Å². The number of hydrogen-bond acceptors (Lipinski definition) is 3. The molecule has 1 amide bonds. The number of esters is 1. The molecule has 1 N–H and O–H groups in total. The molecule has 2 saturated carbocycles. The molecule has 0 spiro atoms. The first-order valence-corrected chi connectivity index (χ1v) is 8.67. The van der Waals surface area contributed by atoms with Crippen LogP contribution in [0.3, 0.4) is 0 Å². The van der Waals surface area contributed by atoms with E-state index in [0.717, 1.165) is 12.8 Å². The van der Waals surface area contributed by atoms with Crippen LogP contribution in [0.25, 0.3) is 0 Å². The van der Waals surface area contributed by atoms with E-state index in [1.165, 1.54) is 0 Å². The molecule has 1 aliphatic heterocycles. The lowest BCUT2D eigenvalue weighted by molar-refractivity contribution is -0.145. The van der Waals surface area contributed by atoms with Crippen molar-refractivity contribution < 1.29 is 14.3 Å². The first-order valence-electron chi connectivity index (χ1n) is 7.12. The molecule has 4 nitrogen and oxygen atoms in total. The van der Waals surface area contributed by atoms with Crippen LogP contribution in [0.15, 0.2) is 16.6 Å². The normalized spacial score (nSPS) is 34.9. The first-order chi connectivity index (χ1) is 10.5. The summed E-state index contributed by atoms with van der Waals surface area (Å²) in [6, 6.07) is 3.42. The SMILES string of the molecule is O=C(Nc1ccc(Br)c(Cl)c1Cl)[C@H]1[C@H]2C[C@@H]3[C@@H]1C(=O)O[C@@H]3C2. The van der Waals surface area contributed by atoms with Crippen molar-refractivity contribution in [2.45, 2.75) is 18.9 Å².